The molecule has 1 N–H and O–H groups in total. The molecule has 0 spiro atoms. The zero-order valence-corrected chi connectivity index (χ0v) is 10.9. The molecule has 88 valence electrons. The van der Waals surface area contributed by atoms with E-state index in [9.17, 15) is 4.79 Å². The summed E-state index contributed by atoms with van der Waals surface area (Å²) in [5.74, 6) is -0.339. The van der Waals surface area contributed by atoms with Crippen molar-refractivity contribution in [2.75, 3.05) is 7.11 Å². The number of thiophene rings is 1. The highest BCUT2D eigenvalue weighted by Crippen LogP contribution is 2.31. The number of rotatable bonds is 2. The van der Waals surface area contributed by atoms with Gasteiger partial charge in [0.2, 0.25) is 0 Å². The average molecular weight is 266 g/mol. The Hall–Kier alpha value is -1.53. The number of carbonyl (C=O) groups is 1. The highest BCUT2D eigenvalue weighted by Gasteiger charge is 2.18. The van der Waals surface area contributed by atoms with Gasteiger partial charge in [-0.1, -0.05) is 12.2 Å². The van der Waals surface area contributed by atoms with Crippen LogP contribution in [-0.4, -0.2) is 23.0 Å². The highest BCUT2D eigenvalue weighted by molar-refractivity contribution is 7.71. The topological polar surface area (TPSA) is 55.0 Å². The molecule has 2 rings (SSSR count). The van der Waals surface area contributed by atoms with E-state index in [0.717, 1.165) is 16.8 Å². The largest absolute Gasteiger partial charge is 0.465 e. The van der Waals surface area contributed by atoms with E-state index >= 15 is 0 Å². The fraction of sp³-hybridized carbons (Fsp3) is 0.182. The lowest BCUT2D eigenvalue weighted by atomic mass is 10.1. The molecular formula is C11H10N2O2S2. The Labute approximate surface area is 107 Å². The first-order valence-electron chi connectivity index (χ1n) is 4.85. The zero-order chi connectivity index (χ0) is 12.4. The monoisotopic (exact) mass is 266 g/mol. The van der Waals surface area contributed by atoms with Crippen molar-refractivity contribution in [3.63, 3.8) is 0 Å². The lowest BCUT2D eigenvalue weighted by Gasteiger charge is -2.04. The second kappa shape index (κ2) is 4.77. The predicted molar refractivity (Wildman–Crippen MR) is 68.8 cm³/mol. The lowest BCUT2D eigenvalue weighted by molar-refractivity contribution is 0.0607. The number of hydrogen-bond donors (Lipinski definition) is 1. The maximum absolute atomic E-state index is 11.6. The summed E-state index contributed by atoms with van der Waals surface area (Å²) in [5.41, 5.74) is 2.62. The number of carbonyl (C=O) groups excluding carboxylic acids is 1. The smallest absolute Gasteiger partial charge is 0.348 e. The van der Waals surface area contributed by atoms with Crippen LogP contribution < -0.4 is 0 Å². The molecule has 17 heavy (non-hydrogen) atoms. The fourth-order valence-corrected chi connectivity index (χ4v) is 2.69. The van der Waals surface area contributed by atoms with Crippen molar-refractivity contribution in [1.82, 2.24) is 9.97 Å². The molecule has 0 saturated heterocycles. The number of esters is 1. The molecule has 0 aliphatic rings. The standard InChI is InChI=1S/C11H10N2O2S2/c1-6-4-17-10(11(14)15-2)9(6)7-3-8(16)13-5-12-7/h3-5H,1-2H3,(H,12,13,16). The van der Waals surface area contributed by atoms with Crippen LogP contribution in [0.2, 0.25) is 0 Å². The average Bonchev–Trinajstić information content (AvgIpc) is 2.70. The molecule has 6 heteroatoms. The highest BCUT2D eigenvalue weighted by atomic mass is 32.1. The Kier molecular flexibility index (Phi) is 3.35. The van der Waals surface area contributed by atoms with Crippen molar-refractivity contribution in [2.24, 2.45) is 0 Å². The van der Waals surface area contributed by atoms with Gasteiger partial charge >= 0.3 is 5.97 Å². The van der Waals surface area contributed by atoms with E-state index in [1.165, 1.54) is 24.8 Å². The molecule has 2 aromatic heterocycles. The number of H-pyrrole nitrogens is 1. The summed E-state index contributed by atoms with van der Waals surface area (Å²) >= 11 is 6.37. The second-order valence-corrected chi connectivity index (χ2v) is 4.71. The summed E-state index contributed by atoms with van der Waals surface area (Å²) in [6.07, 6.45) is 1.52. The maximum Gasteiger partial charge on any atom is 0.348 e. The van der Waals surface area contributed by atoms with Crippen LogP contribution >= 0.6 is 23.6 Å². The summed E-state index contributed by atoms with van der Waals surface area (Å²) < 4.78 is 5.24. The van der Waals surface area contributed by atoms with Crippen molar-refractivity contribution in [2.45, 2.75) is 6.92 Å². The van der Waals surface area contributed by atoms with Crippen LogP contribution in [0, 0.1) is 11.6 Å². The van der Waals surface area contributed by atoms with E-state index in [-0.39, 0.29) is 5.97 Å². The van der Waals surface area contributed by atoms with Gasteiger partial charge < -0.3 is 9.72 Å². The van der Waals surface area contributed by atoms with E-state index in [4.69, 9.17) is 17.0 Å². The number of nitrogens with one attached hydrogen (secondary N) is 1. The van der Waals surface area contributed by atoms with Crippen LogP contribution in [-0.2, 0) is 4.74 Å². The van der Waals surface area contributed by atoms with E-state index in [1.807, 2.05) is 12.3 Å². The summed E-state index contributed by atoms with van der Waals surface area (Å²) in [7, 11) is 1.37. The first-order valence-corrected chi connectivity index (χ1v) is 6.13. The normalized spacial score (nSPS) is 10.2. The van der Waals surface area contributed by atoms with E-state index < -0.39 is 0 Å². The van der Waals surface area contributed by atoms with Crippen LogP contribution in [0.1, 0.15) is 15.2 Å². The van der Waals surface area contributed by atoms with Gasteiger partial charge in [0.05, 0.1) is 19.1 Å². The number of ether oxygens (including phenoxy) is 1. The number of hydrogen-bond acceptors (Lipinski definition) is 5. The zero-order valence-electron chi connectivity index (χ0n) is 9.31. The predicted octanol–water partition coefficient (Wildman–Crippen LogP) is 2.96. The first-order chi connectivity index (χ1) is 8.13. The third kappa shape index (κ3) is 2.27. The van der Waals surface area contributed by atoms with E-state index in [2.05, 4.69) is 9.97 Å². The fourth-order valence-electron chi connectivity index (χ4n) is 1.53. The molecule has 0 amide bonds. The van der Waals surface area contributed by atoms with Crippen LogP contribution in [0.4, 0.5) is 0 Å². The molecule has 0 saturated carbocycles. The Morgan fingerprint density at radius 2 is 2.35 bits per heavy atom. The quantitative estimate of drug-likeness (QED) is 0.670. The minimum absolute atomic E-state index is 0.339. The minimum atomic E-state index is -0.339. The number of nitrogens with zero attached hydrogens (tertiary/aromatic N) is 1. The van der Waals surface area contributed by atoms with Gasteiger partial charge in [-0.25, -0.2) is 9.78 Å². The van der Waals surface area contributed by atoms with Crippen molar-refractivity contribution in [1.29, 1.82) is 0 Å². The number of aryl methyl sites for hydroxylation is 1. The number of aromatic amines is 1. The molecule has 0 aromatic carbocycles. The SMILES string of the molecule is COC(=O)c1scc(C)c1-c1cc(=S)nc[nH]1. The van der Waals surface area contributed by atoms with Crippen molar-refractivity contribution in [3.8, 4) is 11.3 Å². The molecule has 0 atom stereocenters. The summed E-state index contributed by atoms with van der Waals surface area (Å²) in [6, 6.07) is 1.73. The molecule has 4 nitrogen and oxygen atoms in total. The third-order valence-electron chi connectivity index (χ3n) is 2.29. The van der Waals surface area contributed by atoms with Gasteiger partial charge in [-0.05, 0) is 23.9 Å². The molecular weight excluding hydrogens is 256 g/mol. The summed E-state index contributed by atoms with van der Waals surface area (Å²) in [6.45, 7) is 1.94. The third-order valence-corrected chi connectivity index (χ3v) is 3.60. The summed E-state index contributed by atoms with van der Waals surface area (Å²) in [4.78, 5) is 19.1. The first kappa shape index (κ1) is 11.9. The summed E-state index contributed by atoms with van der Waals surface area (Å²) in [5, 5.41) is 1.92. The second-order valence-electron chi connectivity index (χ2n) is 3.41. The van der Waals surface area contributed by atoms with Crippen molar-refractivity contribution in [3.05, 3.63) is 32.9 Å². The molecule has 2 aromatic rings. The van der Waals surface area contributed by atoms with E-state index in [1.54, 1.807) is 6.07 Å². The Morgan fingerprint density at radius 1 is 1.59 bits per heavy atom. The molecule has 0 radical (unpaired) electrons. The van der Waals surface area contributed by atoms with Crippen LogP contribution in [0.15, 0.2) is 17.8 Å². The Bertz CT molecular complexity index is 616. The van der Waals surface area contributed by atoms with Gasteiger partial charge in [-0.3, -0.25) is 0 Å². The molecule has 2 heterocycles. The van der Waals surface area contributed by atoms with Gasteiger partial charge in [0, 0.05) is 5.56 Å². The lowest BCUT2D eigenvalue weighted by Crippen LogP contribution is -2.01. The van der Waals surface area contributed by atoms with Crippen molar-refractivity contribution < 1.29 is 9.53 Å². The minimum Gasteiger partial charge on any atom is -0.465 e. The number of methoxy groups -OCH3 is 1. The Balaban J connectivity index is 2.62. The van der Waals surface area contributed by atoms with Gasteiger partial charge in [0.15, 0.2) is 0 Å². The number of aromatic nitrogens is 2. The molecule has 0 aliphatic heterocycles. The molecule has 0 bridgehead atoms. The van der Waals surface area contributed by atoms with Gasteiger partial charge in [0.1, 0.15) is 9.52 Å². The van der Waals surface area contributed by atoms with Crippen LogP contribution in [0.25, 0.3) is 11.3 Å². The van der Waals surface area contributed by atoms with Crippen LogP contribution in [0.5, 0.6) is 0 Å². The van der Waals surface area contributed by atoms with Gasteiger partial charge in [-0.2, -0.15) is 0 Å². The van der Waals surface area contributed by atoms with Crippen LogP contribution in [0.3, 0.4) is 0 Å². The molecule has 0 unspecified atom stereocenters. The van der Waals surface area contributed by atoms with E-state index in [0.29, 0.717) is 9.52 Å². The van der Waals surface area contributed by atoms with Gasteiger partial charge in [0.25, 0.3) is 0 Å². The Morgan fingerprint density at radius 3 is 3.00 bits per heavy atom. The molecule has 0 aliphatic carbocycles. The van der Waals surface area contributed by atoms with Gasteiger partial charge in [-0.15, -0.1) is 11.3 Å². The maximum atomic E-state index is 11.6. The molecule has 0 fully saturated rings. The van der Waals surface area contributed by atoms with Crippen molar-refractivity contribution >= 4 is 29.5 Å².